The lowest BCUT2D eigenvalue weighted by atomic mass is 10.1. The highest BCUT2D eigenvalue weighted by atomic mass is 32.1. The van der Waals surface area contributed by atoms with Gasteiger partial charge in [-0.1, -0.05) is 6.07 Å². The van der Waals surface area contributed by atoms with E-state index in [1.54, 1.807) is 29.1 Å². The van der Waals surface area contributed by atoms with E-state index in [-0.39, 0.29) is 12.5 Å². The van der Waals surface area contributed by atoms with Gasteiger partial charge in [0.25, 0.3) is 5.91 Å². The van der Waals surface area contributed by atoms with Gasteiger partial charge in [0.1, 0.15) is 6.54 Å². The second kappa shape index (κ2) is 6.40. The average molecular weight is 344 g/mol. The SMILES string of the molecule is COC(=O)CNC(=O)c1cc(-c2cccs2)nc2c1c(C)nn2C. The van der Waals surface area contributed by atoms with E-state index in [1.165, 1.54) is 7.11 Å². The first kappa shape index (κ1) is 16.1. The monoisotopic (exact) mass is 344 g/mol. The molecule has 3 rings (SSSR count). The van der Waals surface area contributed by atoms with Crippen LogP contribution in [0.25, 0.3) is 21.6 Å². The molecule has 0 aliphatic heterocycles. The molecule has 0 atom stereocenters. The number of aromatic nitrogens is 3. The number of hydrogen-bond donors (Lipinski definition) is 1. The summed E-state index contributed by atoms with van der Waals surface area (Å²) in [6.07, 6.45) is 0. The van der Waals surface area contributed by atoms with E-state index < -0.39 is 5.97 Å². The molecule has 124 valence electrons. The highest BCUT2D eigenvalue weighted by molar-refractivity contribution is 7.13. The Morgan fingerprint density at radius 2 is 2.21 bits per heavy atom. The van der Waals surface area contributed by atoms with Crippen LogP contribution < -0.4 is 5.32 Å². The molecule has 0 radical (unpaired) electrons. The Morgan fingerprint density at radius 3 is 2.88 bits per heavy atom. The van der Waals surface area contributed by atoms with Gasteiger partial charge in [-0.3, -0.25) is 14.3 Å². The molecule has 0 aliphatic rings. The van der Waals surface area contributed by atoms with Crippen LogP contribution in [0, 0.1) is 6.92 Å². The molecular formula is C16H16N4O3S. The van der Waals surface area contributed by atoms with E-state index >= 15 is 0 Å². The van der Waals surface area contributed by atoms with Crippen LogP contribution in [0.3, 0.4) is 0 Å². The smallest absolute Gasteiger partial charge is 0.325 e. The largest absolute Gasteiger partial charge is 0.468 e. The number of nitrogens with zero attached hydrogens (tertiary/aromatic N) is 3. The number of fused-ring (bicyclic) bond motifs is 1. The Labute approximate surface area is 142 Å². The Hall–Kier alpha value is -2.74. The van der Waals surface area contributed by atoms with Crippen molar-refractivity contribution in [3.8, 4) is 10.6 Å². The minimum Gasteiger partial charge on any atom is -0.468 e. The van der Waals surface area contributed by atoms with Crippen LogP contribution in [0.2, 0.25) is 0 Å². The molecule has 3 aromatic heterocycles. The number of rotatable bonds is 4. The molecule has 1 amide bonds. The zero-order valence-corrected chi connectivity index (χ0v) is 14.3. The van der Waals surface area contributed by atoms with E-state index in [4.69, 9.17) is 0 Å². The number of thiophene rings is 1. The van der Waals surface area contributed by atoms with Gasteiger partial charge >= 0.3 is 5.97 Å². The molecule has 0 unspecified atom stereocenters. The van der Waals surface area contributed by atoms with Crippen molar-refractivity contribution < 1.29 is 14.3 Å². The van der Waals surface area contributed by atoms with Crippen LogP contribution in [-0.4, -0.2) is 40.3 Å². The predicted octanol–water partition coefficient (Wildman–Crippen LogP) is 1.91. The van der Waals surface area contributed by atoms with Gasteiger partial charge in [0.15, 0.2) is 5.65 Å². The van der Waals surface area contributed by atoms with Crippen LogP contribution in [-0.2, 0) is 16.6 Å². The number of nitrogens with one attached hydrogen (secondary N) is 1. The van der Waals surface area contributed by atoms with Gasteiger partial charge in [-0.15, -0.1) is 11.3 Å². The fourth-order valence-electron chi connectivity index (χ4n) is 2.49. The lowest BCUT2D eigenvalue weighted by Crippen LogP contribution is -2.30. The van der Waals surface area contributed by atoms with Crippen molar-refractivity contribution in [2.75, 3.05) is 13.7 Å². The third kappa shape index (κ3) is 2.88. The second-order valence-electron chi connectivity index (χ2n) is 5.20. The summed E-state index contributed by atoms with van der Waals surface area (Å²) >= 11 is 1.54. The molecule has 7 nitrogen and oxygen atoms in total. The van der Waals surface area contributed by atoms with Crippen LogP contribution in [0.15, 0.2) is 23.6 Å². The highest BCUT2D eigenvalue weighted by Crippen LogP contribution is 2.29. The van der Waals surface area contributed by atoms with E-state index in [1.807, 2.05) is 24.4 Å². The van der Waals surface area contributed by atoms with Crippen molar-refractivity contribution in [3.05, 3.63) is 34.8 Å². The minimum atomic E-state index is -0.505. The summed E-state index contributed by atoms with van der Waals surface area (Å²) in [4.78, 5) is 29.4. The molecule has 0 fully saturated rings. The summed E-state index contributed by atoms with van der Waals surface area (Å²) in [6.45, 7) is 1.64. The molecule has 24 heavy (non-hydrogen) atoms. The summed E-state index contributed by atoms with van der Waals surface area (Å²) in [5.74, 6) is -0.864. The van der Waals surface area contributed by atoms with Gasteiger partial charge in [0.05, 0.1) is 34.3 Å². The van der Waals surface area contributed by atoms with Crippen molar-refractivity contribution in [1.29, 1.82) is 0 Å². The van der Waals surface area contributed by atoms with Crippen molar-refractivity contribution in [2.24, 2.45) is 7.05 Å². The first-order valence-electron chi connectivity index (χ1n) is 7.24. The normalized spacial score (nSPS) is 10.8. The highest BCUT2D eigenvalue weighted by Gasteiger charge is 2.20. The minimum absolute atomic E-state index is 0.188. The lowest BCUT2D eigenvalue weighted by molar-refractivity contribution is -0.139. The Bertz CT molecular complexity index is 915. The van der Waals surface area contributed by atoms with Gasteiger partial charge in [0.2, 0.25) is 0 Å². The first-order chi connectivity index (χ1) is 11.5. The number of aryl methyl sites for hydroxylation is 2. The lowest BCUT2D eigenvalue weighted by Gasteiger charge is -2.08. The molecule has 0 saturated carbocycles. The molecule has 0 saturated heterocycles. The number of esters is 1. The van der Waals surface area contributed by atoms with Crippen molar-refractivity contribution in [1.82, 2.24) is 20.1 Å². The number of ether oxygens (including phenoxy) is 1. The van der Waals surface area contributed by atoms with Crippen molar-refractivity contribution >= 4 is 34.2 Å². The summed E-state index contributed by atoms with van der Waals surface area (Å²) in [5.41, 5.74) is 2.48. The fourth-order valence-corrected chi connectivity index (χ4v) is 3.18. The molecule has 0 spiro atoms. The Kier molecular flexibility index (Phi) is 4.30. The average Bonchev–Trinajstić information content (AvgIpc) is 3.20. The zero-order chi connectivity index (χ0) is 17.3. The number of methoxy groups -OCH3 is 1. The summed E-state index contributed by atoms with van der Waals surface area (Å²) in [7, 11) is 3.07. The van der Waals surface area contributed by atoms with E-state index in [0.29, 0.717) is 28.0 Å². The standard InChI is InChI=1S/C16H16N4O3S/c1-9-14-10(16(22)17-8-13(21)23-3)7-11(12-5-4-6-24-12)18-15(14)20(2)19-9/h4-7H,8H2,1-3H3,(H,17,22). The Balaban J connectivity index is 2.10. The summed E-state index contributed by atoms with van der Waals surface area (Å²) in [5, 5.41) is 9.56. The van der Waals surface area contributed by atoms with E-state index in [9.17, 15) is 9.59 Å². The van der Waals surface area contributed by atoms with Crippen molar-refractivity contribution in [3.63, 3.8) is 0 Å². The summed E-state index contributed by atoms with van der Waals surface area (Å²) in [6, 6.07) is 5.60. The Morgan fingerprint density at radius 1 is 1.42 bits per heavy atom. The quantitative estimate of drug-likeness (QED) is 0.731. The van der Waals surface area contributed by atoms with Crippen molar-refractivity contribution in [2.45, 2.75) is 6.92 Å². The molecule has 0 aromatic carbocycles. The van der Waals surface area contributed by atoms with Crippen LogP contribution in [0.5, 0.6) is 0 Å². The van der Waals surface area contributed by atoms with Gasteiger partial charge in [-0.25, -0.2) is 4.98 Å². The summed E-state index contributed by atoms with van der Waals surface area (Å²) < 4.78 is 6.21. The van der Waals surface area contributed by atoms with Gasteiger partial charge in [0, 0.05) is 7.05 Å². The van der Waals surface area contributed by atoms with Gasteiger partial charge in [-0.05, 0) is 24.4 Å². The number of amides is 1. The van der Waals surface area contributed by atoms with Crippen LogP contribution in [0.1, 0.15) is 16.1 Å². The van der Waals surface area contributed by atoms with Gasteiger partial charge in [-0.2, -0.15) is 5.10 Å². The molecule has 1 N–H and O–H groups in total. The van der Waals surface area contributed by atoms with Crippen LogP contribution >= 0.6 is 11.3 Å². The van der Waals surface area contributed by atoms with Crippen LogP contribution in [0.4, 0.5) is 0 Å². The molecule has 3 aromatic rings. The number of carbonyl (C=O) groups excluding carboxylic acids is 2. The molecular weight excluding hydrogens is 328 g/mol. The number of carbonyl (C=O) groups is 2. The third-order valence-corrected chi connectivity index (χ3v) is 4.50. The maximum atomic E-state index is 12.6. The zero-order valence-electron chi connectivity index (χ0n) is 13.5. The number of pyridine rings is 1. The topological polar surface area (TPSA) is 86.1 Å². The van der Waals surface area contributed by atoms with Gasteiger partial charge < -0.3 is 10.1 Å². The van der Waals surface area contributed by atoms with E-state index in [2.05, 4.69) is 20.1 Å². The third-order valence-electron chi connectivity index (χ3n) is 3.61. The molecule has 8 heteroatoms. The molecule has 0 bridgehead atoms. The first-order valence-corrected chi connectivity index (χ1v) is 8.12. The molecule has 0 aliphatic carbocycles. The van der Waals surface area contributed by atoms with E-state index in [0.717, 1.165) is 4.88 Å². The predicted molar refractivity (Wildman–Crippen MR) is 90.9 cm³/mol. The number of hydrogen-bond acceptors (Lipinski definition) is 6. The molecule has 3 heterocycles. The maximum absolute atomic E-state index is 12.6. The maximum Gasteiger partial charge on any atom is 0.325 e. The second-order valence-corrected chi connectivity index (χ2v) is 6.15. The fraction of sp³-hybridized carbons (Fsp3) is 0.250.